The van der Waals surface area contributed by atoms with Gasteiger partial charge < -0.3 is 4.74 Å². The molecule has 0 aromatic carbocycles. The summed E-state index contributed by atoms with van der Waals surface area (Å²) in [4.78, 5) is 10.8. The van der Waals surface area contributed by atoms with Crippen molar-refractivity contribution in [2.24, 2.45) is 0 Å². The average molecular weight is 170 g/mol. The summed E-state index contributed by atoms with van der Waals surface area (Å²) < 4.78 is 4.72. The van der Waals surface area contributed by atoms with Crippen molar-refractivity contribution in [3.05, 3.63) is 12.2 Å². The number of unbranched alkanes of at least 4 members (excludes halogenated alkanes) is 3. The Morgan fingerprint density at radius 3 is 2.67 bits per heavy atom. The van der Waals surface area contributed by atoms with Crippen molar-refractivity contribution in [3.63, 3.8) is 0 Å². The highest BCUT2D eigenvalue weighted by atomic mass is 16.5. The Morgan fingerprint density at radius 1 is 1.33 bits per heavy atom. The molecule has 70 valence electrons. The van der Waals surface area contributed by atoms with Gasteiger partial charge in [0, 0.05) is 6.08 Å². The van der Waals surface area contributed by atoms with E-state index in [1.165, 1.54) is 18.9 Å². The van der Waals surface area contributed by atoms with Crippen LogP contribution in [0.15, 0.2) is 12.2 Å². The quantitative estimate of drug-likeness (QED) is 0.348. The second kappa shape index (κ2) is 8.31. The predicted molar refractivity (Wildman–Crippen MR) is 49.9 cm³/mol. The lowest BCUT2D eigenvalue weighted by Gasteiger charge is -1.94. The molecule has 2 heteroatoms. The van der Waals surface area contributed by atoms with E-state index >= 15 is 0 Å². The summed E-state index contributed by atoms with van der Waals surface area (Å²) in [6, 6.07) is 0. The van der Waals surface area contributed by atoms with Gasteiger partial charge in [-0.2, -0.15) is 0 Å². The standard InChI is InChI=1S/C10H18O2/c1-3-5-6-7-8-9-10(11)12-4-2/h8-9H,3-7H2,1-2H3/b9-8+. The van der Waals surface area contributed by atoms with Gasteiger partial charge >= 0.3 is 5.97 Å². The van der Waals surface area contributed by atoms with Crippen LogP contribution in [0.5, 0.6) is 0 Å². The van der Waals surface area contributed by atoms with E-state index < -0.39 is 0 Å². The normalized spacial score (nSPS) is 10.5. The van der Waals surface area contributed by atoms with Crippen LogP contribution in [-0.4, -0.2) is 12.6 Å². The molecule has 0 aromatic rings. The molecule has 0 atom stereocenters. The van der Waals surface area contributed by atoms with Crippen LogP contribution in [0.2, 0.25) is 0 Å². The maximum absolute atomic E-state index is 10.8. The maximum Gasteiger partial charge on any atom is 0.330 e. The van der Waals surface area contributed by atoms with Crippen LogP contribution in [0.3, 0.4) is 0 Å². The number of allylic oxidation sites excluding steroid dienone is 1. The Hall–Kier alpha value is -0.790. The molecule has 0 spiro atoms. The Labute approximate surface area is 74.6 Å². The van der Waals surface area contributed by atoms with E-state index in [1.54, 1.807) is 0 Å². The highest BCUT2D eigenvalue weighted by Gasteiger charge is 1.91. The number of ether oxygens (including phenoxy) is 1. The fourth-order valence-electron chi connectivity index (χ4n) is 0.882. The summed E-state index contributed by atoms with van der Waals surface area (Å²) in [5.74, 6) is -0.228. The first-order valence-electron chi connectivity index (χ1n) is 4.64. The molecule has 0 N–H and O–H groups in total. The van der Waals surface area contributed by atoms with Gasteiger partial charge in [0.15, 0.2) is 0 Å². The molecule has 0 aromatic heterocycles. The fraction of sp³-hybridized carbons (Fsp3) is 0.700. The molecule has 0 fully saturated rings. The topological polar surface area (TPSA) is 26.3 Å². The lowest BCUT2D eigenvalue weighted by molar-refractivity contribution is -0.137. The molecule has 0 bridgehead atoms. The fourth-order valence-corrected chi connectivity index (χ4v) is 0.882. The molecule has 0 unspecified atom stereocenters. The smallest absolute Gasteiger partial charge is 0.330 e. The monoisotopic (exact) mass is 170 g/mol. The molecule has 12 heavy (non-hydrogen) atoms. The van der Waals surface area contributed by atoms with Gasteiger partial charge in [-0.1, -0.05) is 25.8 Å². The Bertz CT molecular complexity index is 139. The third kappa shape index (κ3) is 7.32. The van der Waals surface area contributed by atoms with Crippen LogP contribution in [0.1, 0.15) is 39.5 Å². The summed E-state index contributed by atoms with van der Waals surface area (Å²) in [6.45, 7) is 4.43. The summed E-state index contributed by atoms with van der Waals surface area (Å²) >= 11 is 0. The van der Waals surface area contributed by atoms with Crippen LogP contribution in [0.4, 0.5) is 0 Å². The molecule has 0 saturated carbocycles. The average Bonchev–Trinajstić information content (AvgIpc) is 2.05. The summed E-state index contributed by atoms with van der Waals surface area (Å²) in [7, 11) is 0. The first-order chi connectivity index (χ1) is 5.81. The molecule has 0 aliphatic carbocycles. The predicted octanol–water partition coefficient (Wildman–Crippen LogP) is 2.69. The SMILES string of the molecule is CCCCC/C=C/C(=O)OCC. The van der Waals surface area contributed by atoms with Crippen molar-refractivity contribution in [2.75, 3.05) is 6.61 Å². The summed E-state index contributed by atoms with van der Waals surface area (Å²) in [5.41, 5.74) is 0. The zero-order valence-electron chi connectivity index (χ0n) is 8.01. The molecule has 2 nitrogen and oxygen atoms in total. The molecule has 0 aliphatic rings. The second-order valence-electron chi connectivity index (χ2n) is 2.65. The molecule has 0 saturated heterocycles. The molecule has 0 amide bonds. The number of esters is 1. The van der Waals surface area contributed by atoms with E-state index in [4.69, 9.17) is 4.74 Å². The van der Waals surface area contributed by atoms with Gasteiger partial charge in [0.2, 0.25) is 0 Å². The third-order valence-corrected chi connectivity index (χ3v) is 1.51. The van der Waals surface area contributed by atoms with Crippen molar-refractivity contribution < 1.29 is 9.53 Å². The first kappa shape index (κ1) is 11.2. The van der Waals surface area contributed by atoms with Gasteiger partial charge in [-0.15, -0.1) is 0 Å². The van der Waals surface area contributed by atoms with Crippen LogP contribution in [0, 0.1) is 0 Å². The van der Waals surface area contributed by atoms with Crippen molar-refractivity contribution in [1.29, 1.82) is 0 Å². The summed E-state index contributed by atoms with van der Waals surface area (Å²) in [5, 5.41) is 0. The van der Waals surface area contributed by atoms with Crippen LogP contribution in [0.25, 0.3) is 0 Å². The van der Waals surface area contributed by atoms with Crippen molar-refractivity contribution in [3.8, 4) is 0 Å². The van der Waals surface area contributed by atoms with Crippen LogP contribution in [-0.2, 0) is 9.53 Å². The van der Waals surface area contributed by atoms with E-state index in [-0.39, 0.29) is 5.97 Å². The number of rotatable bonds is 6. The zero-order chi connectivity index (χ0) is 9.23. The number of hydrogen-bond acceptors (Lipinski definition) is 2. The van der Waals surface area contributed by atoms with Gasteiger partial charge in [-0.3, -0.25) is 0 Å². The minimum atomic E-state index is -0.228. The first-order valence-corrected chi connectivity index (χ1v) is 4.64. The van der Waals surface area contributed by atoms with Crippen LogP contribution >= 0.6 is 0 Å². The minimum absolute atomic E-state index is 0.228. The molecular weight excluding hydrogens is 152 g/mol. The van der Waals surface area contributed by atoms with Crippen molar-refractivity contribution in [1.82, 2.24) is 0 Å². The third-order valence-electron chi connectivity index (χ3n) is 1.51. The molecule has 0 rings (SSSR count). The van der Waals surface area contributed by atoms with Gasteiger partial charge in [0.1, 0.15) is 0 Å². The molecule has 0 heterocycles. The van der Waals surface area contributed by atoms with Crippen molar-refractivity contribution in [2.45, 2.75) is 39.5 Å². The maximum atomic E-state index is 10.8. The Morgan fingerprint density at radius 2 is 2.08 bits per heavy atom. The molecule has 0 radical (unpaired) electrons. The Balaban J connectivity index is 3.29. The molecular formula is C10H18O2. The van der Waals surface area contributed by atoms with Gasteiger partial charge in [0.05, 0.1) is 6.61 Å². The van der Waals surface area contributed by atoms with Crippen molar-refractivity contribution >= 4 is 5.97 Å². The minimum Gasteiger partial charge on any atom is -0.463 e. The van der Waals surface area contributed by atoms with E-state index in [0.717, 1.165) is 12.8 Å². The number of hydrogen-bond donors (Lipinski definition) is 0. The Kier molecular flexibility index (Phi) is 7.76. The van der Waals surface area contributed by atoms with E-state index in [1.807, 2.05) is 13.0 Å². The largest absolute Gasteiger partial charge is 0.463 e. The lowest BCUT2D eigenvalue weighted by Crippen LogP contribution is -1.98. The van der Waals surface area contributed by atoms with Gasteiger partial charge in [-0.05, 0) is 19.8 Å². The van der Waals surface area contributed by atoms with E-state index in [2.05, 4.69) is 6.92 Å². The highest BCUT2D eigenvalue weighted by Crippen LogP contribution is 1.99. The number of carbonyl (C=O) groups excluding carboxylic acids is 1. The zero-order valence-corrected chi connectivity index (χ0v) is 8.01. The van der Waals surface area contributed by atoms with E-state index in [0.29, 0.717) is 6.61 Å². The van der Waals surface area contributed by atoms with Gasteiger partial charge in [-0.25, -0.2) is 4.79 Å². The van der Waals surface area contributed by atoms with Gasteiger partial charge in [0.25, 0.3) is 0 Å². The summed E-state index contributed by atoms with van der Waals surface area (Å²) in [6.07, 6.45) is 7.98. The second-order valence-corrected chi connectivity index (χ2v) is 2.65. The highest BCUT2D eigenvalue weighted by molar-refractivity contribution is 5.81. The van der Waals surface area contributed by atoms with E-state index in [9.17, 15) is 4.79 Å². The lowest BCUT2D eigenvalue weighted by atomic mass is 10.2. The number of carbonyl (C=O) groups is 1. The molecule has 0 aliphatic heterocycles. The van der Waals surface area contributed by atoms with Crippen LogP contribution < -0.4 is 0 Å².